The third-order valence-electron chi connectivity index (χ3n) is 3.53. The average Bonchev–Trinajstić information content (AvgIpc) is 2.27. The van der Waals surface area contributed by atoms with Crippen LogP contribution in [0.5, 0.6) is 0 Å². The van der Waals surface area contributed by atoms with Crippen molar-refractivity contribution in [2.24, 2.45) is 11.8 Å². The Labute approximate surface area is 104 Å². The van der Waals surface area contributed by atoms with E-state index in [1.54, 1.807) is 0 Å². The zero-order valence-electron chi connectivity index (χ0n) is 10.9. The van der Waals surface area contributed by atoms with Gasteiger partial charge in [0.1, 0.15) is 0 Å². The first kappa shape index (κ1) is 12.2. The lowest BCUT2D eigenvalue weighted by molar-refractivity contribution is 0.0622. The van der Waals surface area contributed by atoms with E-state index < -0.39 is 0 Å². The molecule has 0 N–H and O–H groups in total. The van der Waals surface area contributed by atoms with Crippen LogP contribution in [0.4, 0.5) is 0 Å². The molecule has 92 valence electrons. The Bertz CT molecular complexity index is 403. The highest BCUT2D eigenvalue weighted by atomic mass is 16.2. The van der Waals surface area contributed by atoms with Gasteiger partial charge in [0.25, 0.3) is 5.91 Å². The molecule has 0 radical (unpaired) electrons. The second-order valence-electron chi connectivity index (χ2n) is 5.47. The van der Waals surface area contributed by atoms with Gasteiger partial charge < -0.3 is 4.90 Å². The second kappa shape index (κ2) is 4.91. The van der Waals surface area contributed by atoms with Crippen molar-refractivity contribution in [2.45, 2.75) is 27.2 Å². The maximum atomic E-state index is 12.4. The number of amides is 1. The minimum atomic E-state index is 0.196. The van der Waals surface area contributed by atoms with Crippen molar-refractivity contribution < 1.29 is 4.79 Å². The fraction of sp³-hybridized carbons (Fsp3) is 0.533. The molecule has 1 aromatic rings. The molecule has 0 saturated carbocycles. The molecule has 2 nitrogen and oxygen atoms in total. The van der Waals surface area contributed by atoms with Crippen molar-refractivity contribution in [1.29, 1.82) is 0 Å². The molecule has 0 unspecified atom stereocenters. The number of hydrogen-bond donors (Lipinski definition) is 0. The summed E-state index contributed by atoms with van der Waals surface area (Å²) >= 11 is 0. The lowest BCUT2D eigenvalue weighted by Crippen LogP contribution is -2.42. The van der Waals surface area contributed by atoms with E-state index in [9.17, 15) is 4.79 Å². The number of carbonyl (C=O) groups is 1. The lowest BCUT2D eigenvalue weighted by atomic mass is 9.91. The molecule has 1 aliphatic heterocycles. The Morgan fingerprint density at radius 2 is 1.76 bits per heavy atom. The highest BCUT2D eigenvalue weighted by Crippen LogP contribution is 2.23. The number of benzene rings is 1. The van der Waals surface area contributed by atoms with Crippen LogP contribution >= 0.6 is 0 Å². The van der Waals surface area contributed by atoms with Gasteiger partial charge in [-0.05, 0) is 36.8 Å². The van der Waals surface area contributed by atoms with Crippen molar-refractivity contribution in [1.82, 2.24) is 4.90 Å². The summed E-state index contributed by atoms with van der Waals surface area (Å²) in [5.74, 6) is 1.43. The van der Waals surface area contributed by atoms with E-state index in [2.05, 4.69) is 13.8 Å². The van der Waals surface area contributed by atoms with Crippen LogP contribution in [0.15, 0.2) is 24.3 Å². The summed E-state index contributed by atoms with van der Waals surface area (Å²) in [6.45, 7) is 8.26. The van der Waals surface area contributed by atoms with Gasteiger partial charge in [0.15, 0.2) is 0 Å². The third-order valence-corrected chi connectivity index (χ3v) is 3.53. The van der Waals surface area contributed by atoms with E-state index in [1.807, 2.05) is 36.1 Å². The third kappa shape index (κ3) is 2.68. The van der Waals surface area contributed by atoms with Crippen LogP contribution in [0.3, 0.4) is 0 Å². The molecular formula is C15H21NO. The quantitative estimate of drug-likeness (QED) is 0.727. The van der Waals surface area contributed by atoms with E-state index >= 15 is 0 Å². The molecule has 1 aromatic carbocycles. The number of rotatable bonds is 1. The number of nitrogens with zero attached hydrogens (tertiary/aromatic N) is 1. The Morgan fingerprint density at radius 3 is 2.35 bits per heavy atom. The molecule has 0 aliphatic carbocycles. The highest BCUT2D eigenvalue weighted by molar-refractivity contribution is 5.95. The average molecular weight is 231 g/mol. The van der Waals surface area contributed by atoms with Gasteiger partial charge in [-0.1, -0.05) is 32.0 Å². The zero-order valence-corrected chi connectivity index (χ0v) is 10.9. The maximum Gasteiger partial charge on any atom is 0.254 e. The molecule has 0 aromatic heterocycles. The van der Waals surface area contributed by atoms with Gasteiger partial charge in [0.05, 0.1) is 0 Å². The number of hydrogen-bond acceptors (Lipinski definition) is 1. The Hall–Kier alpha value is -1.31. The van der Waals surface area contributed by atoms with Gasteiger partial charge >= 0.3 is 0 Å². The van der Waals surface area contributed by atoms with Gasteiger partial charge in [-0.2, -0.15) is 0 Å². The topological polar surface area (TPSA) is 20.3 Å². The van der Waals surface area contributed by atoms with Crippen molar-refractivity contribution in [2.75, 3.05) is 13.1 Å². The van der Waals surface area contributed by atoms with E-state index in [0.29, 0.717) is 11.8 Å². The first-order chi connectivity index (χ1) is 8.08. The number of piperidine rings is 1. The van der Waals surface area contributed by atoms with Crippen LogP contribution in [-0.4, -0.2) is 23.9 Å². The minimum Gasteiger partial charge on any atom is -0.338 e. The molecule has 1 aliphatic rings. The SMILES string of the molecule is Cc1ccccc1C(=O)N1C[C@H](C)C[C@@H](C)C1. The van der Waals surface area contributed by atoms with Crippen LogP contribution in [0.25, 0.3) is 0 Å². The summed E-state index contributed by atoms with van der Waals surface area (Å²) in [4.78, 5) is 14.5. The highest BCUT2D eigenvalue weighted by Gasteiger charge is 2.26. The monoisotopic (exact) mass is 231 g/mol. The van der Waals surface area contributed by atoms with Crippen LogP contribution in [-0.2, 0) is 0 Å². The van der Waals surface area contributed by atoms with Crippen LogP contribution in [0, 0.1) is 18.8 Å². The summed E-state index contributed by atoms with van der Waals surface area (Å²) < 4.78 is 0. The molecule has 1 saturated heterocycles. The van der Waals surface area contributed by atoms with Gasteiger partial charge in [-0.25, -0.2) is 0 Å². The van der Waals surface area contributed by atoms with Crippen molar-refractivity contribution in [3.8, 4) is 0 Å². The standard InChI is InChI=1S/C15H21NO/c1-11-8-12(2)10-16(9-11)15(17)14-7-5-4-6-13(14)3/h4-7,11-12H,8-10H2,1-3H3/t11-,12-/m1/s1. The van der Waals surface area contributed by atoms with E-state index in [-0.39, 0.29) is 5.91 Å². The summed E-state index contributed by atoms with van der Waals surface area (Å²) in [6, 6.07) is 7.86. The lowest BCUT2D eigenvalue weighted by Gasteiger charge is -2.35. The van der Waals surface area contributed by atoms with Crippen molar-refractivity contribution in [3.63, 3.8) is 0 Å². The Morgan fingerprint density at radius 1 is 1.18 bits per heavy atom. The summed E-state index contributed by atoms with van der Waals surface area (Å²) in [5.41, 5.74) is 1.93. The second-order valence-corrected chi connectivity index (χ2v) is 5.47. The molecule has 1 heterocycles. The number of likely N-dealkylation sites (tertiary alicyclic amines) is 1. The fourth-order valence-electron chi connectivity index (χ4n) is 2.81. The molecular weight excluding hydrogens is 210 g/mol. The van der Waals surface area contributed by atoms with E-state index in [4.69, 9.17) is 0 Å². The molecule has 0 spiro atoms. The first-order valence-electron chi connectivity index (χ1n) is 6.43. The molecule has 2 atom stereocenters. The van der Waals surface area contributed by atoms with Gasteiger partial charge in [0.2, 0.25) is 0 Å². The summed E-state index contributed by atoms with van der Waals surface area (Å²) in [7, 11) is 0. The predicted octanol–water partition coefficient (Wildman–Crippen LogP) is 3.11. The van der Waals surface area contributed by atoms with Crippen LogP contribution in [0.2, 0.25) is 0 Å². The van der Waals surface area contributed by atoms with Gasteiger partial charge in [0, 0.05) is 18.7 Å². The van der Waals surface area contributed by atoms with Crippen molar-refractivity contribution in [3.05, 3.63) is 35.4 Å². The molecule has 17 heavy (non-hydrogen) atoms. The molecule has 0 bridgehead atoms. The van der Waals surface area contributed by atoms with Crippen LogP contribution in [0.1, 0.15) is 36.2 Å². The van der Waals surface area contributed by atoms with Gasteiger partial charge in [-0.15, -0.1) is 0 Å². The van der Waals surface area contributed by atoms with Crippen molar-refractivity contribution >= 4 is 5.91 Å². The first-order valence-corrected chi connectivity index (χ1v) is 6.43. The normalized spacial score (nSPS) is 24.8. The summed E-state index contributed by atoms with van der Waals surface area (Å²) in [5, 5.41) is 0. The molecule has 1 fully saturated rings. The maximum absolute atomic E-state index is 12.4. The number of aryl methyl sites for hydroxylation is 1. The zero-order chi connectivity index (χ0) is 12.4. The minimum absolute atomic E-state index is 0.196. The smallest absolute Gasteiger partial charge is 0.254 e. The predicted molar refractivity (Wildman–Crippen MR) is 70.0 cm³/mol. The molecule has 1 amide bonds. The molecule has 2 heteroatoms. The fourth-order valence-corrected chi connectivity index (χ4v) is 2.81. The summed E-state index contributed by atoms with van der Waals surface area (Å²) in [6.07, 6.45) is 1.23. The van der Waals surface area contributed by atoms with E-state index in [0.717, 1.165) is 24.2 Å². The largest absolute Gasteiger partial charge is 0.338 e. The van der Waals surface area contributed by atoms with E-state index in [1.165, 1.54) is 6.42 Å². The number of carbonyl (C=O) groups excluding carboxylic acids is 1. The Kier molecular flexibility index (Phi) is 3.51. The van der Waals surface area contributed by atoms with Gasteiger partial charge in [-0.3, -0.25) is 4.79 Å². The Balaban J connectivity index is 2.17. The van der Waals surface area contributed by atoms with Crippen LogP contribution < -0.4 is 0 Å². The molecule has 2 rings (SSSR count).